The largest absolute Gasteiger partial charge is 0.325 e. The Morgan fingerprint density at radius 1 is 1.33 bits per heavy atom. The van der Waals surface area contributed by atoms with Crippen molar-refractivity contribution in [3.8, 4) is 0 Å². The van der Waals surface area contributed by atoms with Gasteiger partial charge in [0.25, 0.3) is 0 Å². The highest BCUT2D eigenvalue weighted by Gasteiger charge is 2.27. The number of nitrogens with zero attached hydrogens (tertiary/aromatic N) is 2. The van der Waals surface area contributed by atoms with Gasteiger partial charge in [0.05, 0.1) is 11.0 Å². The first-order valence-electron chi connectivity index (χ1n) is 6.83. The number of fused-ring (bicyclic) bond motifs is 1. The lowest BCUT2D eigenvalue weighted by Crippen LogP contribution is -2.01. The van der Waals surface area contributed by atoms with Crippen molar-refractivity contribution in [2.24, 2.45) is 0 Å². The number of halogens is 1. The van der Waals surface area contributed by atoms with Crippen LogP contribution in [0.15, 0.2) is 18.2 Å². The number of aryl methyl sites for hydroxylation is 2. The summed E-state index contributed by atoms with van der Waals surface area (Å²) in [6.07, 6.45) is 5.88. The molecule has 2 aromatic rings. The van der Waals surface area contributed by atoms with E-state index in [1.54, 1.807) is 0 Å². The molecule has 1 fully saturated rings. The Hall–Kier alpha value is -1.02. The summed E-state index contributed by atoms with van der Waals surface area (Å²) in [7, 11) is 0. The lowest BCUT2D eigenvalue weighted by Gasteiger charge is -2.07. The van der Waals surface area contributed by atoms with Crippen LogP contribution in [0.25, 0.3) is 11.0 Å². The standard InChI is InChI=1S/C15H19ClN2/c1-11-5-8-14-13(10-11)17-15(4-2-3-9-16)18(14)12-6-7-12/h5,8,10,12H,2-4,6-7,9H2,1H3. The van der Waals surface area contributed by atoms with Gasteiger partial charge in [0, 0.05) is 18.3 Å². The molecule has 0 saturated heterocycles. The van der Waals surface area contributed by atoms with Crippen LogP contribution in [-0.4, -0.2) is 15.4 Å². The van der Waals surface area contributed by atoms with Crippen LogP contribution in [-0.2, 0) is 6.42 Å². The first kappa shape index (κ1) is 12.0. The van der Waals surface area contributed by atoms with Gasteiger partial charge in [-0.1, -0.05) is 6.07 Å². The minimum Gasteiger partial charge on any atom is -0.325 e. The molecule has 0 bridgehead atoms. The molecule has 0 radical (unpaired) electrons. The van der Waals surface area contributed by atoms with Crippen LogP contribution in [0.1, 0.15) is 43.1 Å². The molecule has 0 unspecified atom stereocenters. The molecular formula is C15H19ClN2. The number of alkyl halides is 1. The maximum absolute atomic E-state index is 5.75. The Morgan fingerprint density at radius 3 is 2.89 bits per heavy atom. The lowest BCUT2D eigenvalue weighted by atomic mass is 10.2. The van der Waals surface area contributed by atoms with Gasteiger partial charge in [0.15, 0.2) is 0 Å². The van der Waals surface area contributed by atoms with E-state index in [1.807, 2.05) is 0 Å². The maximum Gasteiger partial charge on any atom is 0.110 e. The third-order valence-electron chi connectivity index (χ3n) is 3.61. The number of hydrogen-bond donors (Lipinski definition) is 0. The molecule has 1 aliphatic carbocycles. The van der Waals surface area contributed by atoms with E-state index in [1.165, 1.54) is 29.7 Å². The van der Waals surface area contributed by atoms with Gasteiger partial charge in [-0.3, -0.25) is 0 Å². The van der Waals surface area contributed by atoms with E-state index in [9.17, 15) is 0 Å². The van der Waals surface area contributed by atoms with Gasteiger partial charge in [-0.2, -0.15) is 0 Å². The zero-order valence-corrected chi connectivity index (χ0v) is 11.6. The van der Waals surface area contributed by atoms with Gasteiger partial charge in [0.1, 0.15) is 5.82 Å². The average molecular weight is 263 g/mol. The second-order valence-electron chi connectivity index (χ2n) is 5.27. The molecule has 0 amide bonds. The Labute approximate surface area is 113 Å². The highest BCUT2D eigenvalue weighted by atomic mass is 35.5. The minimum absolute atomic E-state index is 0.698. The van der Waals surface area contributed by atoms with Crippen LogP contribution in [0.3, 0.4) is 0 Å². The summed E-state index contributed by atoms with van der Waals surface area (Å²) >= 11 is 5.75. The molecule has 1 saturated carbocycles. The third kappa shape index (κ3) is 2.26. The molecule has 0 spiro atoms. The minimum atomic E-state index is 0.698. The number of benzene rings is 1. The smallest absolute Gasteiger partial charge is 0.110 e. The summed E-state index contributed by atoms with van der Waals surface area (Å²) in [6, 6.07) is 7.30. The molecule has 0 atom stereocenters. The van der Waals surface area contributed by atoms with Crippen LogP contribution in [0, 0.1) is 6.92 Å². The van der Waals surface area contributed by atoms with Gasteiger partial charge in [-0.05, 0) is 50.3 Å². The molecule has 18 heavy (non-hydrogen) atoms. The highest BCUT2D eigenvalue weighted by Crippen LogP contribution is 2.39. The molecule has 0 aliphatic heterocycles. The van der Waals surface area contributed by atoms with Crippen molar-refractivity contribution in [1.29, 1.82) is 0 Å². The van der Waals surface area contributed by atoms with Gasteiger partial charge >= 0.3 is 0 Å². The number of rotatable bonds is 5. The van der Waals surface area contributed by atoms with Crippen molar-refractivity contribution < 1.29 is 0 Å². The van der Waals surface area contributed by atoms with Crippen molar-refractivity contribution in [3.63, 3.8) is 0 Å². The number of unbranched alkanes of at least 4 members (excludes halogenated alkanes) is 1. The lowest BCUT2D eigenvalue weighted by molar-refractivity contribution is 0.665. The molecule has 3 heteroatoms. The average Bonchev–Trinajstić information content (AvgIpc) is 3.12. The fourth-order valence-electron chi connectivity index (χ4n) is 2.55. The van der Waals surface area contributed by atoms with Gasteiger partial charge in [-0.15, -0.1) is 11.6 Å². The van der Waals surface area contributed by atoms with E-state index in [-0.39, 0.29) is 0 Å². The Bertz CT molecular complexity index is 555. The molecular weight excluding hydrogens is 244 g/mol. The topological polar surface area (TPSA) is 17.8 Å². The van der Waals surface area contributed by atoms with E-state index in [4.69, 9.17) is 16.6 Å². The summed E-state index contributed by atoms with van der Waals surface area (Å²) in [6.45, 7) is 2.13. The van der Waals surface area contributed by atoms with Crippen LogP contribution >= 0.6 is 11.6 Å². The monoisotopic (exact) mass is 262 g/mol. The van der Waals surface area contributed by atoms with Gasteiger partial charge in [-0.25, -0.2) is 4.98 Å². The Balaban J connectivity index is 1.98. The van der Waals surface area contributed by atoms with Crippen molar-refractivity contribution in [3.05, 3.63) is 29.6 Å². The quantitative estimate of drug-likeness (QED) is 0.582. The van der Waals surface area contributed by atoms with Gasteiger partial charge < -0.3 is 4.57 Å². The molecule has 1 aromatic heterocycles. The van der Waals surface area contributed by atoms with Crippen LogP contribution in [0.5, 0.6) is 0 Å². The number of imidazole rings is 1. The summed E-state index contributed by atoms with van der Waals surface area (Å²) in [5, 5.41) is 0. The summed E-state index contributed by atoms with van der Waals surface area (Å²) in [5.74, 6) is 2.01. The molecule has 1 aromatic carbocycles. The summed E-state index contributed by atoms with van der Waals surface area (Å²) < 4.78 is 2.46. The van der Waals surface area contributed by atoms with E-state index in [0.717, 1.165) is 30.7 Å². The molecule has 96 valence electrons. The molecule has 0 N–H and O–H groups in total. The number of hydrogen-bond acceptors (Lipinski definition) is 1. The molecule has 2 nitrogen and oxygen atoms in total. The second-order valence-corrected chi connectivity index (χ2v) is 5.65. The molecule has 1 aliphatic rings. The molecule has 3 rings (SSSR count). The van der Waals surface area contributed by atoms with Crippen molar-refractivity contribution >= 4 is 22.6 Å². The van der Waals surface area contributed by atoms with Crippen LogP contribution in [0.2, 0.25) is 0 Å². The summed E-state index contributed by atoms with van der Waals surface area (Å²) in [5.41, 5.74) is 3.75. The van der Waals surface area contributed by atoms with Gasteiger partial charge in [0.2, 0.25) is 0 Å². The first-order chi connectivity index (χ1) is 8.79. The fourth-order valence-corrected chi connectivity index (χ4v) is 2.74. The normalized spacial score (nSPS) is 15.4. The van der Waals surface area contributed by atoms with Crippen molar-refractivity contribution in [2.75, 3.05) is 5.88 Å². The third-order valence-corrected chi connectivity index (χ3v) is 3.88. The molecule has 1 heterocycles. The Kier molecular flexibility index (Phi) is 3.29. The zero-order valence-electron chi connectivity index (χ0n) is 10.8. The Morgan fingerprint density at radius 2 is 2.17 bits per heavy atom. The van der Waals surface area contributed by atoms with Crippen LogP contribution in [0.4, 0.5) is 0 Å². The van der Waals surface area contributed by atoms with E-state index >= 15 is 0 Å². The SMILES string of the molecule is Cc1ccc2c(c1)nc(CCCCCl)n2C1CC1. The predicted molar refractivity (Wildman–Crippen MR) is 76.4 cm³/mol. The van der Waals surface area contributed by atoms with E-state index in [0.29, 0.717) is 6.04 Å². The fraction of sp³-hybridized carbons (Fsp3) is 0.533. The highest BCUT2D eigenvalue weighted by molar-refractivity contribution is 6.17. The summed E-state index contributed by atoms with van der Waals surface area (Å²) in [4.78, 5) is 4.83. The van der Waals surface area contributed by atoms with Crippen molar-refractivity contribution in [2.45, 2.75) is 45.1 Å². The van der Waals surface area contributed by atoms with Crippen LogP contribution < -0.4 is 0 Å². The van der Waals surface area contributed by atoms with E-state index < -0.39 is 0 Å². The first-order valence-corrected chi connectivity index (χ1v) is 7.36. The number of aromatic nitrogens is 2. The maximum atomic E-state index is 5.75. The van der Waals surface area contributed by atoms with E-state index in [2.05, 4.69) is 29.7 Å². The van der Waals surface area contributed by atoms with Crippen molar-refractivity contribution in [1.82, 2.24) is 9.55 Å². The second kappa shape index (κ2) is 4.93. The zero-order chi connectivity index (χ0) is 12.5. The predicted octanol–water partition coefficient (Wildman–Crippen LogP) is 4.24.